The lowest BCUT2D eigenvalue weighted by Crippen LogP contribution is -2.28. The lowest BCUT2D eigenvalue weighted by Gasteiger charge is -2.11. The Morgan fingerprint density at radius 1 is 1.08 bits per heavy atom. The Kier molecular flexibility index (Phi) is 6.46. The number of hydrogen-bond acceptors (Lipinski definition) is 2. The van der Waals surface area contributed by atoms with Crippen LogP contribution in [0.25, 0.3) is 6.08 Å². The van der Waals surface area contributed by atoms with Crippen molar-refractivity contribution in [2.45, 2.75) is 13.8 Å². The summed E-state index contributed by atoms with van der Waals surface area (Å²) in [6.45, 7) is 4.55. The van der Waals surface area contributed by atoms with Crippen molar-refractivity contribution in [2.75, 3.05) is 11.9 Å². The monoisotopic (exact) mass is 340 g/mol. The molecule has 2 aromatic rings. The van der Waals surface area contributed by atoms with Gasteiger partial charge in [0.1, 0.15) is 5.82 Å². The molecule has 0 aliphatic rings. The van der Waals surface area contributed by atoms with E-state index in [4.69, 9.17) is 0 Å². The number of anilines is 1. The highest BCUT2D eigenvalue weighted by atomic mass is 19.1. The third-order valence-electron chi connectivity index (χ3n) is 3.42. The third kappa shape index (κ3) is 5.57. The number of hydrogen-bond donors (Lipinski definition) is 2. The molecule has 2 amide bonds. The molecule has 0 heterocycles. The summed E-state index contributed by atoms with van der Waals surface area (Å²) in [5, 5.41) is 5.48. The van der Waals surface area contributed by atoms with Crippen LogP contribution in [0.15, 0.2) is 54.6 Å². The van der Waals surface area contributed by atoms with Crippen LogP contribution in [0, 0.1) is 11.7 Å². The summed E-state index contributed by atoms with van der Waals surface area (Å²) >= 11 is 0. The fourth-order valence-corrected chi connectivity index (χ4v) is 2.13. The van der Waals surface area contributed by atoms with E-state index in [2.05, 4.69) is 10.6 Å². The first kappa shape index (κ1) is 18.4. The van der Waals surface area contributed by atoms with Crippen molar-refractivity contribution in [3.63, 3.8) is 0 Å². The molecule has 4 nitrogen and oxygen atoms in total. The molecule has 25 heavy (non-hydrogen) atoms. The van der Waals surface area contributed by atoms with Gasteiger partial charge in [0, 0.05) is 18.2 Å². The van der Waals surface area contributed by atoms with Crippen LogP contribution in [0.4, 0.5) is 10.1 Å². The maximum Gasteiger partial charge on any atom is 0.253 e. The van der Waals surface area contributed by atoms with Crippen molar-refractivity contribution in [3.8, 4) is 0 Å². The van der Waals surface area contributed by atoms with Gasteiger partial charge < -0.3 is 10.6 Å². The van der Waals surface area contributed by atoms with Crippen molar-refractivity contribution in [1.29, 1.82) is 0 Å². The molecule has 2 N–H and O–H groups in total. The molecule has 0 radical (unpaired) electrons. The van der Waals surface area contributed by atoms with Gasteiger partial charge in [-0.25, -0.2) is 4.39 Å². The second kappa shape index (κ2) is 8.78. The van der Waals surface area contributed by atoms with E-state index in [0.717, 1.165) is 0 Å². The second-order valence-electron chi connectivity index (χ2n) is 5.99. The Balaban J connectivity index is 2.08. The Morgan fingerprint density at radius 3 is 2.48 bits per heavy atom. The van der Waals surface area contributed by atoms with Crippen LogP contribution in [0.5, 0.6) is 0 Å². The molecule has 0 aliphatic heterocycles. The molecule has 2 aromatic carbocycles. The van der Waals surface area contributed by atoms with Crippen LogP contribution in [0.2, 0.25) is 0 Å². The van der Waals surface area contributed by atoms with Crippen molar-refractivity contribution in [2.24, 2.45) is 5.92 Å². The first-order valence-corrected chi connectivity index (χ1v) is 8.08. The fourth-order valence-electron chi connectivity index (χ4n) is 2.13. The van der Waals surface area contributed by atoms with Gasteiger partial charge in [0.2, 0.25) is 5.91 Å². The molecule has 0 saturated carbocycles. The van der Waals surface area contributed by atoms with Crippen LogP contribution in [-0.4, -0.2) is 18.4 Å². The van der Waals surface area contributed by atoms with E-state index < -0.39 is 11.7 Å². The number of carbonyl (C=O) groups excluding carboxylic acids is 2. The summed E-state index contributed by atoms with van der Waals surface area (Å²) in [5.74, 6) is -0.760. The summed E-state index contributed by atoms with van der Waals surface area (Å²) in [4.78, 5) is 24.3. The van der Waals surface area contributed by atoms with Gasteiger partial charge >= 0.3 is 0 Å². The van der Waals surface area contributed by atoms with E-state index in [9.17, 15) is 14.0 Å². The number of halogens is 1. The van der Waals surface area contributed by atoms with Crippen molar-refractivity contribution >= 4 is 23.6 Å². The van der Waals surface area contributed by atoms with E-state index in [1.807, 2.05) is 13.8 Å². The summed E-state index contributed by atoms with van der Waals surface area (Å²) < 4.78 is 13.6. The van der Waals surface area contributed by atoms with E-state index in [-0.39, 0.29) is 5.91 Å². The zero-order valence-corrected chi connectivity index (χ0v) is 14.3. The molecule has 0 unspecified atom stereocenters. The van der Waals surface area contributed by atoms with E-state index in [1.54, 1.807) is 42.5 Å². The Labute approximate surface area is 146 Å². The summed E-state index contributed by atoms with van der Waals surface area (Å²) in [5.41, 5.74) is 1.11. The van der Waals surface area contributed by atoms with Gasteiger partial charge in [-0.15, -0.1) is 0 Å². The molecular weight excluding hydrogens is 319 g/mol. The zero-order chi connectivity index (χ0) is 18.2. The number of para-hydroxylation sites is 1. The highest BCUT2D eigenvalue weighted by Crippen LogP contribution is 2.15. The standard InChI is InChI=1S/C20H21FN2O2/c1-14(2)13-22-20(25)16-8-4-6-10-18(16)23-19(24)12-11-15-7-3-5-9-17(15)21/h3-12,14H,13H2,1-2H3,(H,22,25)(H,23,24)/b12-11+. The number of benzene rings is 2. The molecule has 0 bridgehead atoms. The maximum atomic E-state index is 13.6. The topological polar surface area (TPSA) is 58.2 Å². The molecular formula is C20H21FN2O2. The summed E-state index contributed by atoms with van der Waals surface area (Å²) in [6, 6.07) is 12.9. The van der Waals surface area contributed by atoms with Crippen molar-refractivity contribution in [3.05, 3.63) is 71.6 Å². The lowest BCUT2D eigenvalue weighted by atomic mass is 10.1. The predicted molar refractivity (Wildman–Crippen MR) is 97.7 cm³/mol. The largest absolute Gasteiger partial charge is 0.352 e. The highest BCUT2D eigenvalue weighted by molar-refractivity contribution is 6.07. The van der Waals surface area contributed by atoms with Crippen LogP contribution < -0.4 is 10.6 Å². The van der Waals surface area contributed by atoms with Crippen LogP contribution in [-0.2, 0) is 4.79 Å². The average Bonchev–Trinajstić information content (AvgIpc) is 2.59. The minimum atomic E-state index is -0.438. The molecule has 130 valence electrons. The van der Waals surface area contributed by atoms with Crippen LogP contribution >= 0.6 is 0 Å². The molecule has 0 fully saturated rings. The third-order valence-corrected chi connectivity index (χ3v) is 3.42. The van der Waals surface area contributed by atoms with Gasteiger partial charge in [0.25, 0.3) is 5.91 Å². The van der Waals surface area contributed by atoms with E-state index in [1.165, 1.54) is 18.2 Å². The van der Waals surface area contributed by atoms with Gasteiger partial charge in [-0.2, -0.15) is 0 Å². The maximum absolute atomic E-state index is 13.6. The minimum Gasteiger partial charge on any atom is -0.352 e. The molecule has 0 atom stereocenters. The number of nitrogens with one attached hydrogen (secondary N) is 2. The van der Waals surface area contributed by atoms with Crippen LogP contribution in [0.3, 0.4) is 0 Å². The Bertz CT molecular complexity index is 785. The number of rotatable bonds is 6. The predicted octanol–water partition coefficient (Wildman–Crippen LogP) is 3.86. The first-order valence-electron chi connectivity index (χ1n) is 8.08. The minimum absolute atomic E-state index is 0.248. The van der Waals surface area contributed by atoms with Gasteiger partial charge in [0.15, 0.2) is 0 Å². The smallest absolute Gasteiger partial charge is 0.253 e. The van der Waals surface area contributed by atoms with Crippen molar-refractivity contribution < 1.29 is 14.0 Å². The zero-order valence-electron chi connectivity index (χ0n) is 14.3. The lowest BCUT2D eigenvalue weighted by molar-refractivity contribution is -0.111. The SMILES string of the molecule is CC(C)CNC(=O)c1ccccc1NC(=O)/C=C/c1ccccc1F. The average molecular weight is 340 g/mol. The van der Waals surface area contributed by atoms with Gasteiger partial charge in [-0.3, -0.25) is 9.59 Å². The molecule has 0 saturated heterocycles. The molecule has 0 aliphatic carbocycles. The molecule has 2 rings (SSSR count). The van der Waals surface area contributed by atoms with Gasteiger partial charge in [-0.1, -0.05) is 44.2 Å². The molecule has 5 heteroatoms. The van der Waals surface area contributed by atoms with Gasteiger partial charge in [0.05, 0.1) is 11.3 Å². The Morgan fingerprint density at radius 2 is 1.76 bits per heavy atom. The normalized spacial score (nSPS) is 10.9. The second-order valence-corrected chi connectivity index (χ2v) is 5.99. The van der Waals surface area contributed by atoms with Crippen LogP contribution in [0.1, 0.15) is 29.8 Å². The molecule has 0 aromatic heterocycles. The Hall–Kier alpha value is -2.95. The van der Waals surface area contributed by atoms with Gasteiger partial charge in [-0.05, 0) is 30.2 Å². The number of carbonyl (C=O) groups is 2. The molecule has 0 spiro atoms. The van der Waals surface area contributed by atoms with Crippen molar-refractivity contribution in [1.82, 2.24) is 5.32 Å². The summed E-state index contributed by atoms with van der Waals surface area (Å²) in [6.07, 6.45) is 2.63. The quantitative estimate of drug-likeness (QED) is 0.785. The number of amides is 2. The summed E-state index contributed by atoms with van der Waals surface area (Å²) in [7, 11) is 0. The fraction of sp³-hybridized carbons (Fsp3) is 0.200. The first-order chi connectivity index (χ1) is 12.0. The highest BCUT2D eigenvalue weighted by Gasteiger charge is 2.12. The van der Waals surface area contributed by atoms with E-state index >= 15 is 0 Å². The van der Waals surface area contributed by atoms with E-state index in [0.29, 0.717) is 29.3 Å².